The zero-order valence-electron chi connectivity index (χ0n) is 17.1. The van der Waals surface area contributed by atoms with Crippen LogP contribution >= 0.6 is 0 Å². The molecule has 0 unspecified atom stereocenters. The van der Waals surface area contributed by atoms with Crippen LogP contribution in [0.5, 0.6) is 0 Å². The fourth-order valence-corrected chi connectivity index (χ4v) is 3.53. The summed E-state index contributed by atoms with van der Waals surface area (Å²) < 4.78 is 38.7. The number of anilines is 4. The Hall–Kier alpha value is -3.20. The minimum Gasteiger partial charge on any atom is -0.386 e. The molecule has 30 heavy (non-hydrogen) atoms. The maximum Gasteiger partial charge on any atom is 0.232 e. The highest BCUT2D eigenvalue weighted by molar-refractivity contribution is 7.92. The summed E-state index contributed by atoms with van der Waals surface area (Å²) in [5, 5.41) is 5.87. The number of nitrogens with one attached hydrogen (secondary N) is 2. The van der Waals surface area contributed by atoms with Crippen molar-refractivity contribution in [2.75, 3.05) is 35.3 Å². The topological polar surface area (TPSA) is 87.2 Å². The van der Waals surface area contributed by atoms with Gasteiger partial charge in [0.1, 0.15) is 5.82 Å². The lowest BCUT2D eigenvalue weighted by Crippen LogP contribution is -2.26. The minimum absolute atomic E-state index is 0.338. The van der Waals surface area contributed by atoms with Gasteiger partial charge in [-0.3, -0.25) is 4.31 Å². The summed E-state index contributed by atoms with van der Waals surface area (Å²) in [7, 11) is -0.150. The number of hydrogen-bond donors (Lipinski definition) is 2. The largest absolute Gasteiger partial charge is 0.386 e. The summed E-state index contributed by atoms with van der Waals surface area (Å²) in [6.07, 6.45) is 4.06. The van der Waals surface area contributed by atoms with E-state index in [4.69, 9.17) is 0 Å². The Balaban J connectivity index is 1.74. The van der Waals surface area contributed by atoms with Crippen LogP contribution in [0.4, 0.5) is 27.4 Å². The number of benzene rings is 2. The van der Waals surface area contributed by atoms with Crippen molar-refractivity contribution in [1.29, 1.82) is 0 Å². The first-order valence-electron chi connectivity index (χ1n) is 9.36. The Kier molecular flexibility index (Phi) is 6.51. The van der Waals surface area contributed by atoms with Crippen molar-refractivity contribution in [1.82, 2.24) is 9.97 Å². The predicted octanol–water partition coefficient (Wildman–Crippen LogP) is 3.58. The third kappa shape index (κ3) is 5.24. The average Bonchev–Trinajstić information content (AvgIpc) is 2.73. The zero-order valence-corrected chi connectivity index (χ0v) is 17.9. The van der Waals surface area contributed by atoms with E-state index in [0.29, 0.717) is 35.9 Å². The number of aromatic nitrogens is 2. The van der Waals surface area contributed by atoms with Crippen LogP contribution in [0.3, 0.4) is 0 Å². The molecule has 0 amide bonds. The molecule has 7 nitrogen and oxygen atoms in total. The number of aryl methyl sites for hydroxylation is 2. The highest BCUT2D eigenvalue weighted by atomic mass is 32.2. The van der Waals surface area contributed by atoms with Gasteiger partial charge in [0.15, 0.2) is 0 Å². The van der Waals surface area contributed by atoms with E-state index in [1.807, 2.05) is 24.3 Å². The maximum absolute atomic E-state index is 13.6. The Bertz CT molecular complexity index is 1140. The van der Waals surface area contributed by atoms with Crippen LogP contribution in [0.15, 0.2) is 54.7 Å². The van der Waals surface area contributed by atoms with Gasteiger partial charge in [0, 0.05) is 31.7 Å². The molecular weight excluding hydrogens is 405 g/mol. The summed E-state index contributed by atoms with van der Waals surface area (Å²) in [6.45, 7) is 0. The molecule has 0 saturated carbocycles. The SMILES string of the molecule is CNc1cc(Nc2nccc(CCc3ccccc3N(C)S(C)(=O)=O)n2)ccc1F. The second-order valence-corrected chi connectivity index (χ2v) is 8.81. The van der Waals surface area contributed by atoms with E-state index in [-0.39, 0.29) is 5.82 Å². The average molecular weight is 430 g/mol. The van der Waals surface area contributed by atoms with Crippen molar-refractivity contribution in [3.05, 3.63) is 71.8 Å². The number of hydrogen-bond acceptors (Lipinski definition) is 6. The zero-order chi connectivity index (χ0) is 21.7. The summed E-state index contributed by atoms with van der Waals surface area (Å²) in [5.74, 6) is 0.0677. The quantitative estimate of drug-likeness (QED) is 0.569. The van der Waals surface area contributed by atoms with Crippen molar-refractivity contribution < 1.29 is 12.8 Å². The van der Waals surface area contributed by atoms with Crippen molar-refractivity contribution in [2.45, 2.75) is 12.8 Å². The first-order valence-corrected chi connectivity index (χ1v) is 11.2. The summed E-state index contributed by atoms with van der Waals surface area (Å²) in [5.41, 5.74) is 3.41. The second kappa shape index (κ2) is 9.08. The molecule has 2 N–H and O–H groups in total. The Labute approximate surface area is 176 Å². The highest BCUT2D eigenvalue weighted by Crippen LogP contribution is 2.24. The second-order valence-electron chi connectivity index (χ2n) is 6.80. The summed E-state index contributed by atoms with van der Waals surface area (Å²) in [4.78, 5) is 8.74. The lowest BCUT2D eigenvalue weighted by Gasteiger charge is -2.20. The van der Waals surface area contributed by atoms with E-state index in [0.717, 1.165) is 11.3 Å². The molecule has 158 valence electrons. The van der Waals surface area contributed by atoms with Gasteiger partial charge in [-0.05, 0) is 48.7 Å². The van der Waals surface area contributed by atoms with Crippen LogP contribution < -0.4 is 14.9 Å². The number of nitrogens with zero attached hydrogens (tertiary/aromatic N) is 3. The van der Waals surface area contributed by atoms with E-state index in [2.05, 4.69) is 20.6 Å². The molecule has 0 saturated heterocycles. The van der Waals surface area contributed by atoms with Crippen LogP contribution in [-0.4, -0.2) is 38.7 Å². The van der Waals surface area contributed by atoms with Crippen LogP contribution in [-0.2, 0) is 22.9 Å². The van der Waals surface area contributed by atoms with Crippen molar-refractivity contribution in [3.63, 3.8) is 0 Å². The van der Waals surface area contributed by atoms with Gasteiger partial charge >= 0.3 is 0 Å². The summed E-state index contributed by atoms with van der Waals surface area (Å²) >= 11 is 0. The van der Waals surface area contributed by atoms with Crippen molar-refractivity contribution in [2.24, 2.45) is 0 Å². The highest BCUT2D eigenvalue weighted by Gasteiger charge is 2.15. The standard InChI is InChI=1S/C21H24FN5O2S/c1-23-19-14-17(10-11-18(19)22)26-21-24-13-12-16(25-21)9-8-15-6-4-5-7-20(15)27(2)30(3,28)29/h4-7,10-14,23H,8-9H2,1-3H3,(H,24,25,26). The van der Waals surface area contributed by atoms with E-state index >= 15 is 0 Å². The van der Waals surface area contributed by atoms with Crippen molar-refractivity contribution >= 4 is 33.0 Å². The van der Waals surface area contributed by atoms with E-state index < -0.39 is 10.0 Å². The minimum atomic E-state index is -3.35. The normalized spacial score (nSPS) is 11.2. The molecule has 9 heteroatoms. The molecule has 3 rings (SSSR count). The van der Waals surface area contributed by atoms with Gasteiger partial charge in [0.05, 0.1) is 17.6 Å². The number of rotatable bonds is 8. The van der Waals surface area contributed by atoms with Gasteiger partial charge in [0.25, 0.3) is 0 Å². The van der Waals surface area contributed by atoms with Gasteiger partial charge in [0.2, 0.25) is 16.0 Å². The molecule has 0 aliphatic carbocycles. The summed E-state index contributed by atoms with van der Waals surface area (Å²) in [6, 6.07) is 13.8. The van der Waals surface area contributed by atoms with E-state index in [1.54, 1.807) is 38.5 Å². The van der Waals surface area contributed by atoms with Crippen LogP contribution in [0.25, 0.3) is 0 Å². The molecular formula is C21H24FN5O2S. The molecule has 0 aliphatic rings. The molecule has 2 aromatic carbocycles. The molecule has 0 bridgehead atoms. The number of para-hydroxylation sites is 1. The Morgan fingerprint density at radius 3 is 2.60 bits per heavy atom. The molecule has 0 spiro atoms. The Morgan fingerprint density at radius 1 is 1.10 bits per heavy atom. The third-order valence-electron chi connectivity index (χ3n) is 4.68. The van der Waals surface area contributed by atoms with Gasteiger partial charge < -0.3 is 10.6 Å². The first-order chi connectivity index (χ1) is 14.3. The van der Waals surface area contributed by atoms with Crippen LogP contribution in [0.2, 0.25) is 0 Å². The molecule has 0 atom stereocenters. The molecule has 1 aromatic heterocycles. The van der Waals surface area contributed by atoms with Gasteiger partial charge in [-0.15, -0.1) is 0 Å². The Morgan fingerprint density at radius 2 is 1.87 bits per heavy atom. The molecule has 0 radical (unpaired) electrons. The lowest BCUT2D eigenvalue weighted by atomic mass is 10.1. The van der Waals surface area contributed by atoms with E-state index in [9.17, 15) is 12.8 Å². The fourth-order valence-electron chi connectivity index (χ4n) is 2.99. The molecule has 0 aliphatic heterocycles. The van der Waals surface area contributed by atoms with Gasteiger partial charge in [-0.25, -0.2) is 22.8 Å². The molecule has 0 fully saturated rings. The number of halogens is 1. The third-order valence-corrected chi connectivity index (χ3v) is 5.88. The maximum atomic E-state index is 13.6. The predicted molar refractivity (Wildman–Crippen MR) is 118 cm³/mol. The smallest absolute Gasteiger partial charge is 0.232 e. The fraction of sp³-hybridized carbons (Fsp3) is 0.238. The van der Waals surface area contributed by atoms with Crippen LogP contribution in [0, 0.1) is 5.82 Å². The number of sulfonamides is 1. The molecule has 3 aromatic rings. The lowest BCUT2D eigenvalue weighted by molar-refractivity contribution is 0.600. The van der Waals surface area contributed by atoms with Gasteiger partial charge in [-0.1, -0.05) is 18.2 Å². The molecule has 1 heterocycles. The van der Waals surface area contributed by atoms with E-state index in [1.165, 1.54) is 16.6 Å². The monoisotopic (exact) mass is 429 g/mol. The van der Waals surface area contributed by atoms with Gasteiger partial charge in [-0.2, -0.15) is 0 Å². The van der Waals surface area contributed by atoms with Crippen LogP contribution in [0.1, 0.15) is 11.3 Å². The van der Waals surface area contributed by atoms with Crippen molar-refractivity contribution in [3.8, 4) is 0 Å². The first kappa shape index (κ1) is 21.5.